The Morgan fingerprint density at radius 1 is 1.12 bits per heavy atom. The molecule has 2 aromatic carbocycles. The van der Waals surface area contributed by atoms with Gasteiger partial charge in [-0.2, -0.15) is 0 Å². The van der Waals surface area contributed by atoms with Gasteiger partial charge >= 0.3 is 0 Å². The Labute approximate surface area is 148 Å². The first-order valence-corrected chi connectivity index (χ1v) is 8.68. The van der Waals surface area contributed by atoms with Gasteiger partial charge in [0.25, 0.3) is 0 Å². The first kappa shape index (κ1) is 17.0. The third kappa shape index (κ3) is 4.83. The Morgan fingerprint density at radius 3 is 2.80 bits per heavy atom. The van der Waals surface area contributed by atoms with E-state index in [1.165, 1.54) is 11.1 Å². The molecule has 0 aliphatic rings. The van der Waals surface area contributed by atoms with Crippen molar-refractivity contribution in [2.24, 2.45) is 4.99 Å². The molecule has 25 heavy (non-hydrogen) atoms. The van der Waals surface area contributed by atoms with Gasteiger partial charge in [-0.25, -0.2) is 4.98 Å². The topological polar surface area (TPSA) is 65.1 Å². The highest BCUT2D eigenvalue weighted by Gasteiger charge is 2.02. The minimum atomic E-state index is 0.769. The number of fused-ring (bicyclic) bond motifs is 1. The molecule has 3 aromatic rings. The molecule has 0 bridgehead atoms. The molecule has 1 heterocycles. The summed E-state index contributed by atoms with van der Waals surface area (Å²) in [7, 11) is 1.80. The van der Waals surface area contributed by atoms with Gasteiger partial charge in [-0.05, 0) is 31.0 Å². The van der Waals surface area contributed by atoms with E-state index in [9.17, 15) is 0 Å². The van der Waals surface area contributed by atoms with Crippen LogP contribution in [0.3, 0.4) is 0 Å². The molecule has 5 nitrogen and oxygen atoms in total. The van der Waals surface area contributed by atoms with Crippen LogP contribution in [0.15, 0.2) is 53.5 Å². The third-order valence-electron chi connectivity index (χ3n) is 4.09. The van der Waals surface area contributed by atoms with Crippen LogP contribution in [0.4, 0.5) is 0 Å². The normalized spacial score (nSPS) is 11.7. The van der Waals surface area contributed by atoms with Crippen molar-refractivity contribution in [1.29, 1.82) is 0 Å². The van der Waals surface area contributed by atoms with Gasteiger partial charge in [0.2, 0.25) is 0 Å². The summed E-state index contributed by atoms with van der Waals surface area (Å²) in [6.07, 6.45) is 1.90. The number of aryl methyl sites for hydroxylation is 2. The summed E-state index contributed by atoms with van der Waals surface area (Å²) in [5.74, 6) is 1.86. The largest absolute Gasteiger partial charge is 0.356 e. The van der Waals surface area contributed by atoms with Crippen LogP contribution in [-0.4, -0.2) is 29.5 Å². The fourth-order valence-electron chi connectivity index (χ4n) is 2.82. The molecule has 130 valence electrons. The van der Waals surface area contributed by atoms with Crippen LogP contribution >= 0.6 is 0 Å². The van der Waals surface area contributed by atoms with Gasteiger partial charge in [0.05, 0.1) is 11.0 Å². The van der Waals surface area contributed by atoms with Crippen LogP contribution in [0, 0.1) is 6.92 Å². The Bertz CT molecular complexity index is 817. The molecule has 0 fully saturated rings. The molecule has 0 radical (unpaired) electrons. The second-order valence-corrected chi connectivity index (χ2v) is 6.15. The van der Waals surface area contributed by atoms with E-state index in [4.69, 9.17) is 0 Å². The predicted molar refractivity (Wildman–Crippen MR) is 104 cm³/mol. The monoisotopic (exact) mass is 335 g/mol. The van der Waals surface area contributed by atoms with Crippen molar-refractivity contribution < 1.29 is 0 Å². The molecule has 5 heteroatoms. The SMILES string of the molecule is CN=C(NCCCc1nc2ccccc2[nH]1)NCc1cccc(C)c1. The zero-order valence-electron chi connectivity index (χ0n) is 14.8. The lowest BCUT2D eigenvalue weighted by Gasteiger charge is -2.12. The van der Waals surface area contributed by atoms with E-state index < -0.39 is 0 Å². The van der Waals surface area contributed by atoms with Crippen LogP contribution in [0.25, 0.3) is 11.0 Å². The second-order valence-electron chi connectivity index (χ2n) is 6.15. The van der Waals surface area contributed by atoms with Crippen molar-refractivity contribution in [3.63, 3.8) is 0 Å². The van der Waals surface area contributed by atoms with E-state index in [1.807, 2.05) is 18.2 Å². The highest BCUT2D eigenvalue weighted by molar-refractivity contribution is 5.79. The summed E-state index contributed by atoms with van der Waals surface area (Å²) in [6, 6.07) is 16.6. The van der Waals surface area contributed by atoms with E-state index >= 15 is 0 Å². The predicted octanol–water partition coefficient (Wildman–Crippen LogP) is 3.17. The smallest absolute Gasteiger partial charge is 0.191 e. The van der Waals surface area contributed by atoms with Crippen molar-refractivity contribution in [3.8, 4) is 0 Å². The Morgan fingerprint density at radius 2 is 2.00 bits per heavy atom. The molecule has 0 amide bonds. The molecule has 0 aliphatic carbocycles. The van der Waals surface area contributed by atoms with E-state index in [2.05, 4.69) is 62.8 Å². The number of nitrogens with zero attached hydrogens (tertiary/aromatic N) is 2. The number of rotatable bonds is 6. The Balaban J connectivity index is 1.42. The number of benzene rings is 2. The molecule has 3 N–H and O–H groups in total. The zero-order chi connectivity index (χ0) is 17.5. The van der Waals surface area contributed by atoms with Gasteiger partial charge in [0.1, 0.15) is 5.82 Å². The summed E-state index contributed by atoms with van der Waals surface area (Å²) < 4.78 is 0. The second kappa shape index (κ2) is 8.33. The Hall–Kier alpha value is -2.82. The molecule has 0 unspecified atom stereocenters. The fourth-order valence-corrected chi connectivity index (χ4v) is 2.82. The number of H-pyrrole nitrogens is 1. The van der Waals surface area contributed by atoms with Gasteiger partial charge in [-0.1, -0.05) is 42.0 Å². The van der Waals surface area contributed by atoms with Gasteiger partial charge in [-0.15, -0.1) is 0 Å². The summed E-state index contributed by atoms with van der Waals surface area (Å²) in [5, 5.41) is 6.70. The minimum absolute atomic E-state index is 0.769. The molecular formula is C20H25N5. The number of aromatic nitrogens is 2. The van der Waals surface area contributed by atoms with Crippen LogP contribution < -0.4 is 10.6 Å². The van der Waals surface area contributed by atoms with Crippen LogP contribution in [-0.2, 0) is 13.0 Å². The number of aliphatic imine (C=N–C) groups is 1. The quantitative estimate of drug-likeness (QED) is 0.368. The highest BCUT2D eigenvalue weighted by Crippen LogP contribution is 2.11. The van der Waals surface area contributed by atoms with Gasteiger partial charge in [0, 0.05) is 26.6 Å². The van der Waals surface area contributed by atoms with Gasteiger partial charge in [0.15, 0.2) is 5.96 Å². The van der Waals surface area contributed by atoms with Crippen molar-refractivity contribution in [1.82, 2.24) is 20.6 Å². The summed E-state index contributed by atoms with van der Waals surface area (Å²) in [5.41, 5.74) is 4.65. The standard InChI is InChI=1S/C20H25N5/c1-15-7-5-8-16(13-15)14-23-20(21-2)22-12-6-11-19-24-17-9-3-4-10-18(17)25-19/h3-5,7-10,13H,6,11-12,14H2,1-2H3,(H,24,25)(H2,21,22,23). The molecule has 0 saturated carbocycles. The van der Waals surface area contributed by atoms with E-state index in [-0.39, 0.29) is 0 Å². The average Bonchev–Trinajstić information content (AvgIpc) is 3.04. The molecular weight excluding hydrogens is 310 g/mol. The number of aromatic amines is 1. The average molecular weight is 335 g/mol. The third-order valence-corrected chi connectivity index (χ3v) is 4.09. The lowest BCUT2D eigenvalue weighted by molar-refractivity contribution is 0.726. The van der Waals surface area contributed by atoms with E-state index in [0.717, 1.165) is 48.7 Å². The van der Waals surface area contributed by atoms with Crippen molar-refractivity contribution in [2.75, 3.05) is 13.6 Å². The van der Waals surface area contributed by atoms with Gasteiger partial charge < -0.3 is 15.6 Å². The maximum Gasteiger partial charge on any atom is 0.191 e. The van der Waals surface area contributed by atoms with E-state index in [0.29, 0.717) is 0 Å². The molecule has 0 saturated heterocycles. The number of hydrogen-bond donors (Lipinski definition) is 3. The van der Waals surface area contributed by atoms with Crippen molar-refractivity contribution in [3.05, 3.63) is 65.5 Å². The minimum Gasteiger partial charge on any atom is -0.356 e. The van der Waals surface area contributed by atoms with E-state index in [1.54, 1.807) is 7.05 Å². The molecule has 1 aromatic heterocycles. The molecule has 0 atom stereocenters. The number of imidazole rings is 1. The lowest BCUT2D eigenvalue weighted by atomic mass is 10.1. The molecule has 0 spiro atoms. The maximum absolute atomic E-state index is 4.60. The highest BCUT2D eigenvalue weighted by atomic mass is 15.2. The summed E-state index contributed by atoms with van der Waals surface area (Å²) in [4.78, 5) is 12.2. The zero-order valence-corrected chi connectivity index (χ0v) is 14.8. The number of guanidine groups is 1. The van der Waals surface area contributed by atoms with Crippen molar-refractivity contribution >= 4 is 17.0 Å². The maximum atomic E-state index is 4.60. The molecule has 0 aliphatic heterocycles. The molecule has 3 rings (SSSR count). The first-order chi connectivity index (χ1) is 12.2. The number of hydrogen-bond acceptors (Lipinski definition) is 2. The summed E-state index contributed by atoms with van der Waals surface area (Å²) in [6.45, 7) is 3.73. The number of nitrogens with one attached hydrogen (secondary N) is 3. The number of para-hydroxylation sites is 2. The lowest BCUT2D eigenvalue weighted by Crippen LogP contribution is -2.37. The van der Waals surface area contributed by atoms with Crippen LogP contribution in [0.5, 0.6) is 0 Å². The van der Waals surface area contributed by atoms with Crippen LogP contribution in [0.1, 0.15) is 23.4 Å². The first-order valence-electron chi connectivity index (χ1n) is 8.68. The van der Waals surface area contributed by atoms with Crippen molar-refractivity contribution in [2.45, 2.75) is 26.3 Å². The van der Waals surface area contributed by atoms with Gasteiger partial charge in [-0.3, -0.25) is 4.99 Å². The Kier molecular flexibility index (Phi) is 5.67. The summed E-state index contributed by atoms with van der Waals surface area (Å²) >= 11 is 0. The van der Waals surface area contributed by atoms with Crippen LogP contribution in [0.2, 0.25) is 0 Å². The fraction of sp³-hybridized carbons (Fsp3) is 0.300.